The van der Waals surface area contributed by atoms with Crippen molar-refractivity contribution in [3.63, 3.8) is 0 Å². The van der Waals surface area contributed by atoms with Crippen LogP contribution in [0.2, 0.25) is 0 Å². The van der Waals surface area contributed by atoms with Gasteiger partial charge in [0, 0.05) is 51.5 Å². The van der Waals surface area contributed by atoms with Gasteiger partial charge in [-0.3, -0.25) is 9.48 Å². The van der Waals surface area contributed by atoms with Gasteiger partial charge in [-0.2, -0.15) is 10.1 Å². The lowest BCUT2D eigenvalue weighted by atomic mass is 10.0. The minimum atomic E-state index is -0.556. The number of aliphatic hydroxyl groups excluding tert-OH is 1. The third-order valence-corrected chi connectivity index (χ3v) is 5.08. The zero-order chi connectivity index (χ0) is 19.7. The van der Waals surface area contributed by atoms with Crippen molar-refractivity contribution in [2.75, 3.05) is 18.0 Å². The molecule has 0 aliphatic carbocycles. The lowest BCUT2D eigenvalue weighted by Crippen LogP contribution is -2.53. The fraction of sp³-hybridized carbons (Fsp3) is 0.500. The Morgan fingerprint density at radius 1 is 1.32 bits per heavy atom. The van der Waals surface area contributed by atoms with Crippen molar-refractivity contribution in [2.24, 2.45) is 14.1 Å². The number of rotatable bonds is 5. The Balaban J connectivity index is 1.39. The normalized spacial score (nSPS) is 19.9. The Morgan fingerprint density at radius 2 is 2.18 bits per heavy atom. The van der Waals surface area contributed by atoms with E-state index in [1.807, 2.05) is 29.6 Å². The molecule has 2 atom stereocenters. The molecule has 10 heteroatoms. The number of nitrogens with one attached hydrogen (secondary N) is 1. The molecule has 148 valence electrons. The first-order valence-corrected chi connectivity index (χ1v) is 9.33. The lowest BCUT2D eigenvalue weighted by molar-refractivity contribution is -0.122. The van der Waals surface area contributed by atoms with Crippen molar-refractivity contribution in [2.45, 2.75) is 31.4 Å². The van der Waals surface area contributed by atoms with Gasteiger partial charge in [0.25, 0.3) is 0 Å². The summed E-state index contributed by atoms with van der Waals surface area (Å²) in [5.74, 6) is 0.473. The molecule has 10 nitrogen and oxygen atoms in total. The number of aryl methyl sites for hydroxylation is 3. The fourth-order valence-electron chi connectivity index (χ4n) is 3.59. The van der Waals surface area contributed by atoms with E-state index in [0.717, 1.165) is 11.2 Å². The van der Waals surface area contributed by atoms with Crippen molar-refractivity contribution < 1.29 is 9.90 Å². The molecular weight excluding hydrogens is 360 g/mol. The van der Waals surface area contributed by atoms with Crippen LogP contribution in [0.25, 0.3) is 11.2 Å². The fourth-order valence-corrected chi connectivity index (χ4v) is 3.59. The summed E-state index contributed by atoms with van der Waals surface area (Å²) in [6, 6.07) is 1.75. The summed E-state index contributed by atoms with van der Waals surface area (Å²) in [5.41, 5.74) is 2.48. The van der Waals surface area contributed by atoms with Gasteiger partial charge in [0.2, 0.25) is 11.9 Å². The molecule has 3 aromatic heterocycles. The minimum Gasteiger partial charge on any atom is -0.391 e. The van der Waals surface area contributed by atoms with Gasteiger partial charge in [-0.05, 0) is 18.9 Å². The van der Waals surface area contributed by atoms with Gasteiger partial charge in [0.15, 0.2) is 5.65 Å². The topological polar surface area (TPSA) is 114 Å². The zero-order valence-corrected chi connectivity index (χ0v) is 16.0. The average molecular weight is 384 g/mol. The number of hydrogen-bond donors (Lipinski definition) is 2. The highest BCUT2D eigenvalue weighted by Crippen LogP contribution is 2.19. The number of fused-ring (bicyclic) bond motifs is 1. The van der Waals surface area contributed by atoms with E-state index in [1.165, 1.54) is 0 Å². The predicted molar refractivity (Wildman–Crippen MR) is 103 cm³/mol. The molecule has 28 heavy (non-hydrogen) atoms. The summed E-state index contributed by atoms with van der Waals surface area (Å²) in [5, 5.41) is 17.4. The van der Waals surface area contributed by atoms with Gasteiger partial charge >= 0.3 is 0 Å². The van der Waals surface area contributed by atoms with E-state index in [4.69, 9.17) is 0 Å². The van der Waals surface area contributed by atoms with Crippen LogP contribution in [0.3, 0.4) is 0 Å². The van der Waals surface area contributed by atoms with Crippen molar-refractivity contribution in [3.05, 3.63) is 30.5 Å². The maximum atomic E-state index is 12.4. The van der Waals surface area contributed by atoms with Crippen LogP contribution in [0.4, 0.5) is 5.95 Å². The number of carbonyl (C=O) groups is 1. The van der Waals surface area contributed by atoms with Crippen LogP contribution in [0.15, 0.2) is 24.8 Å². The number of β-amino-alcohol motifs (C(OH)–C–C–N with tert-alkyl or cyclic N) is 1. The van der Waals surface area contributed by atoms with Crippen LogP contribution in [-0.4, -0.2) is 65.5 Å². The quantitative estimate of drug-likeness (QED) is 0.625. The highest BCUT2D eigenvalue weighted by Gasteiger charge is 2.28. The maximum absolute atomic E-state index is 12.4. The SMILES string of the molecule is Cn1nccc1CCC(=O)N[C@H]1C[C@@H](O)CN(c2ncc3c(ncn3C)n2)C1. The van der Waals surface area contributed by atoms with Gasteiger partial charge in [-0.25, -0.2) is 9.97 Å². The number of nitrogens with zero attached hydrogens (tertiary/aromatic N) is 7. The molecule has 1 amide bonds. The van der Waals surface area contributed by atoms with Gasteiger partial charge in [0.05, 0.1) is 18.6 Å². The third kappa shape index (κ3) is 3.81. The van der Waals surface area contributed by atoms with Gasteiger partial charge in [-0.15, -0.1) is 0 Å². The van der Waals surface area contributed by atoms with Gasteiger partial charge in [-0.1, -0.05) is 0 Å². The molecule has 3 aromatic rings. The van der Waals surface area contributed by atoms with E-state index in [-0.39, 0.29) is 11.9 Å². The van der Waals surface area contributed by atoms with Crippen LogP contribution in [0.5, 0.6) is 0 Å². The maximum Gasteiger partial charge on any atom is 0.227 e. The highest BCUT2D eigenvalue weighted by molar-refractivity contribution is 5.76. The van der Waals surface area contributed by atoms with Crippen molar-refractivity contribution in [1.82, 2.24) is 34.6 Å². The smallest absolute Gasteiger partial charge is 0.227 e. The molecule has 0 aromatic carbocycles. The van der Waals surface area contributed by atoms with Crippen LogP contribution < -0.4 is 10.2 Å². The first kappa shape index (κ1) is 18.4. The number of anilines is 1. The molecule has 4 heterocycles. The summed E-state index contributed by atoms with van der Waals surface area (Å²) >= 11 is 0. The molecule has 2 N–H and O–H groups in total. The summed E-state index contributed by atoms with van der Waals surface area (Å²) in [6.07, 6.45) is 6.11. The second-order valence-electron chi connectivity index (χ2n) is 7.24. The van der Waals surface area contributed by atoms with Gasteiger partial charge in [0.1, 0.15) is 5.52 Å². The number of carbonyl (C=O) groups excluding carboxylic acids is 1. The van der Waals surface area contributed by atoms with E-state index in [0.29, 0.717) is 43.9 Å². The number of piperidine rings is 1. The van der Waals surface area contributed by atoms with Gasteiger partial charge < -0.3 is 19.9 Å². The molecule has 1 aliphatic rings. The Hall–Kier alpha value is -3.01. The second kappa shape index (κ2) is 7.55. The molecule has 0 saturated carbocycles. The molecule has 1 aliphatic heterocycles. The number of aromatic nitrogens is 6. The average Bonchev–Trinajstić information content (AvgIpc) is 3.25. The van der Waals surface area contributed by atoms with Crippen LogP contribution in [0, 0.1) is 0 Å². The summed E-state index contributed by atoms with van der Waals surface area (Å²) in [4.78, 5) is 27.4. The van der Waals surface area contributed by atoms with Crippen molar-refractivity contribution >= 4 is 23.0 Å². The molecule has 0 radical (unpaired) electrons. The van der Waals surface area contributed by atoms with E-state index >= 15 is 0 Å². The number of hydrogen-bond acceptors (Lipinski definition) is 7. The monoisotopic (exact) mass is 384 g/mol. The number of amides is 1. The van der Waals surface area contributed by atoms with Crippen LogP contribution in [0.1, 0.15) is 18.5 Å². The molecule has 0 bridgehead atoms. The van der Waals surface area contributed by atoms with E-state index in [1.54, 1.807) is 23.4 Å². The Kier molecular flexibility index (Phi) is 4.95. The molecule has 0 spiro atoms. The highest BCUT2D eigenvalue weighted by atomic mass is 16.3. The minimum absolute atomic E-state index is 0.0404. The largest absolute Gasteiger partial charge is 0.391 e. The number of imidazole rings is 1. The summed E-state index contributed by atoms with van der Waals surface area (Å²) in [6.45, 7) is 0.979. The molecule has 4 rings (SSSR count). The Morgan fingerprint density at radius 3 is 2.96 bits per heavy atom. The molecule has 0 unspecified atom stereocenters. The van der Waals surface area contributed by atoms with Crippen LogP contribution >= 0.6 is 0 Å². The van der Waals surface area contributed by atoms with Crippen molar-refractivity contribution in [3.8, 4) is 0 Å². The molecule has 1 saturated heterocycles. The second-order valence-corrected chi connectivity index (χ2v) is 7.24. The summed E-state index contributed by atoms with van der Waals surface area (Å²) in [7, 11) is 3.75. The Labute approximate surface area is 162 Å². The summed E-state index contributed by atoms with van der Waals surface area (Å²) < 4.78 is 3.62. The Bertz CT molecular complexity index is 981. The van der Waals surface area contributed by atoms with Crippen LogP contribution in [-0.2, 0) is 25.3 Å². The van der Waals surface area contributed by atoms with E-state index in [2.05, 4.69) is 25.4 Å². The molecule has 1 fully saturated rings. The zero-order valence-electron chi connectivity index (χ0n) is 16.0. The van der Waals surface area contributed by atoms with E-state index < -0.39 is 6.10 Å². The first-order valence-electron chi connectivity index (χ1n) is 9.33. The number of aliphatic hydroxyl groups is 1. The molecular formula is C18H24N8O2. The lowest BCUT2D eigenvalue weighted by Gasteiger charge is -2.36. The predicted octanol–water partition coefficient (Wildman–Crippen LogP) is -0.215. The third-order valence-electron chi connectivity index (χ3n) is 5.08. The first-order chi connectivity index (χ1) is 13.5. The van der Waals surface area contributed by atoms with E-state index in [9.17, 15) is 9.90 Å². The van der Waals surface area contributed by atoms with Crippen molar-refractivity contribution in [1.29, 1.82) is 0 Å². The standard InChI is InChI=1S/C18H24N8O2/c1-24-11-20-17-15(24)8-19-18(23-17)26-9-12(7-14(27)10-26)22-16(28)4-3-13-5-6-21-25(13)2/h5-6,8,11-12,14,27H,3-4,7,9-10H2,1-2H3,(H,22,28)/t12-,14+/m0/s1.